The molecular weight excluding hydrogens is 639 g/mol. The van der Waals surface area contributed by atoms with E-state index in [-0.39, 0.29) is 10.8 Å². The normalized spacial score (nSPS) is 16.5. The summed E-state index contributed by atoms with van der Waals surface area (Å²) in [6, 6.07) is 55.7. The first-order valence-electron chi connectivity index (χ1n) is 19.7. The van der Waals surface area contributed by atoms with Gasteiger partial charge in [0.25, 0.3) is 0 Å². The first kappa shape index (κ1) is 32.3. The molecule has 0 spiro atoms. The van der Waals surface area contributed by atoms with Crippen molar-refractivity contribution in [3.8, 4) is 33.4 Å². The second-order valence-corrected chi connectivity index (χ2v) is 16.8. The molecule has 3 aliphatic rings. The zero-order chi connectivity index (χ0) is 35.9. The summed E-state index contributed by atoms with van der Waals surface area (Å²) < 4.78 is 0. The zero-order valence-corrected chi connectivity index (χ0v) is 31.4. The van der Waals surface area contributed by atoms with Gasteiger partial charge in [0.15, 0.2) is 0 Å². The van der Waals surface area contributed by atoms with E-state index in [9.17, 15) is 0 Å². The van der Waals surface area contributed by atoms with E-state index in [0.29, 0.717) is 5.92 Å². The largest absolute Gasteiger partial charge is 0.310 e. The summed E-state index contributed by atoms with van der Waals surface area (Å²) in [6.45, 7) is 9.54. The van der Waals surface area contributed by atoms with Crippen molar-refractivity contribution in [3.63, 3.8) is 0 Å². The number of hydrogen-bond acceptors (Lipinski definition) is 1. The Morgan fingerprint density at radius 3 is 1.62 bits per heavy atom. The molecule has 0 heterocycles. The molecule has 260 valence electrons. The lowest BCUT2D eigenvalue weighted by molar-refractivity contribution is 0.443. The van der Waals surface area contributed by atoms with Gasteiger partial charge in [0.05, 0.1) is 5.69 Å². The van der Waals surface area contributed by atoms with Gasteiger partial charge in [-0.15, -0.1) is 0 Å². The second kappa shape index (κ2) is 12.1. The van der Waals surface area contributed by atoms with Crippen molar-refractivity contribution < 1.29 is 0 Å². The molecule has 10 rings (SSSR count). The number of nitrogens with zero attached hydrogens (tertiary/aromatic N) is 1. The highest BCUT2D eigenvalue weighted by molar-refractivity contribution is 5.99. The third-order valence-electron chi connectivity index (χ3n) is 13.1. The first-order chi connectivity index (χ1) is 25.8. The topological polar surface area (TPSA) is 3.24 Å². The molecule has 0 atom stereocenters. The third kappa shape index (κ3) is 5.04. The van der Waals surface area contributed by atoms with Crippen LogP contribution in [-0.2, 0) is 10.8 Å². The lowest BCUT2D eigenvalue weighted by Gasteiger charge is -2.31. The summed E-state index contributed by atoms with van der Waals surface area (Å²) in [5.74, 6) is 0.667. The summed E-state index contributed by atoms with van der Waals surface area (Å²) >= 11 is 0. The Morgan fingerprint density at radius 2 is 0.962 bits per heavy atom. The van der Waals surface area contributed by atoms with Crippen molar-refractivity contribution in [2.75, 3.05) is 4.90 Å². The van der Waals surface area contributed by atoms with Crippen molar-refractivity contribution in [2.45, 2.75) is 76.5 Å². The van der Waals surface area contributed by atoms with Gasteiger partial charge in [-0.05, 0) is 128 Å². The van der Waals surface area contributed by atoms with E-state index < -0.39 is 0 Å². The van der Waals surface area contributed by atoms with Gasteiger partial charge in [-0.25, -0.2) is 0 Å². The van der Waals surface area contributed by atoms with Crippen LogP contribution in [-0.4, -0.2) is 0 Å². The summed E-state index contributed by atoms with van der Waals surface area (Å²) in [7, 11) is 0. The van der Waals surface area contributed by atoms with Gasteiger partial charge in [-0.2, -0.15) is 0 Å². The van der Waals surface area contributed by atoms with Gasteiger partial charge < -0.3 is 4.90 Å². The Labute approximate surface area is 315 Å². The molecule has 0 N–H and O–H groups in total. The van der Waals surface area contributed by atoms with Crippen LogP contribution in [0.1, 0.15) is 93.5 Å². The molecule has 0 aromatic heterocycles. The van der Waals surface area contributed by atoms with Crippen molar-refractivity contribution in [2.24, 2.45) is 0 Å². The Balaban J connectivity index is 1.19. The molecule has 7 aromatic rings. The predicted octanol–water partition coefficient (Wildman–Crippen LogP) is 14.6. The van der Waals surface area contributed by atoms with Crippen LogP contribution in [0.4, 0.5) is 17.1 Å². The van der Waals surface area contributed by atoms with Crippen molar-refractivity contribution >= 4 is 27.8 Å². The van der Waals surface area contributed by atoms with Crippen molar-refractivity contribution in [3.05, 3.63) is 173 Å². The van der Waals surface area contributed by atoms with E-state index >= 15 is 0 Å². The summed E-state index contributed by atoms with van der Waals surface area (Å²) in [4.78, 5) is 2.54. The quantitative estimate of drug-likeness (QED) is 0.174. The van der Waals surface area contributed by atoms with Crippen LogP contribution < -0.4 is 4.90 Å². The molecule has 1 nitrogen and oxygen atoms in total. The molecule has 1 heteroatoms. The average molecular weight is 686 g/mol. The van der Waals surface area contributed by atoms with E-state index in [0.717, 1.165) is 0 Å². The molecule has 53 heavy (non-hydrogen) atoms. The average Bonchev–Trinajstić information content (AvgIpc) is 3.57. The van der Waals surface area contributed by atoms with Crippen LogP contribution in [0.3, 0.4) is 0 Å². The van der Waals surface area contributed by atoms with E-state index in [4.69, 9.17) is 0 Å². The molecule has 0 aliphatic heterocycles. The Kier molecular flexibility index (Phi) is 7.35. The van der Waals surface area contributed by atoms with Crippen LogP contribution in [0.2, 0.25) is 0 Å². The highest BCUT2D eigenvalue weighted by Crippen LogP contribution is 2.53. The molecule has 0 radical (unpaired) electrons. The van der Waals surface area contributed by atoms with E-state index in [2.05, 4.69) is 178 Å². The van der Waals surface area contributed by atoms with Crippen molar-refractivity contribution in [1.82, 2.24) is 0 Å². The maximum Gasteiger partial charge on any atom is 0.0546 e. The summed E-state index contributed by atoms with van der Waals surface area (Å²) in [6.07, 6.45) is 6.66. The molecule has 3 aliphatic carbocycles. The number of fused-ring (bicyclic) bond motifs is 7. The molecule has 7 aromatic carbocycles. The molecule has 0 unspecified atom stereocenters. The Bertz CT molecular complexity index is 2540. The molecular formula is C52H47N. The first-order valence-corrected chi connectivity index (χ1v) is 19.7. The second-order valence-electron chi connectivity index (χ2n) is 16.8. The van der Waals surface area contributed by atoms with E-state index in [1.54, 1.807) is 0 Å². The zero-order valence-electron chi connectivity index (χ0n) is 31.4. The fourth-order valence-corrected chi connectivity index (χ4v) is 10.1. The van der Waals surface area contributed by atoms with Crippen LogP contribution >= 0.6 is 0 Å². The maximum absolute atomic E-state index is 2.54. The van der Waals surface area contributed by atoms with Crippen LogP contribution in [0, 0.1) is 0 Å². The van der Waals surface area contributed by atoms with Crippen LogP contribution in [0.25, 0.3) is 44.2 Å². The number of benzene rings is 7. The van der Waals surface area contributed by atoms with E-state index in [1.807, 2.05) is 0 Å². The van der Waals surface area contributed by atoms with Gasteiger partial charge in [0, 0.05) is 27.8 Å². The molecule has 0 saturated heterocycles. The number of anilines is 3. The number of hydrogen-bond donors (Lipinski definition) is 0. The minimum absolute atomic E-state index is 0.0752. The molecule has 1 fully saturated rings. The smallest absolute Gasteiger partial charge is 0.0546 e. The fraction of sp³-hybridized carbons (Fsp3) is 0.231. The standard InChI is InChI=1S/C52H47N/c1-51(2)46-20-12-10-18-41(46)43-28-24-38(31-48(43)51)45-30-36-16-8-9-17-37(36)32-50(45)53(39-25-22-35(23-26-39)34-14-6-5-7-15-34)40-27-29-44-42-19-11-13-21-47(42)52(3,4)49(44)33-40/h8-13,16-34H,5-7,14-15H2,1-4H3. The van der Waals surface area contributed by atoms with Gasteiger partial charge in [-0.3, -0.25) is 0 Å². The maximum atomic E-state index is 2.54. The monoisotopic (exact) mass is 685 g/mol. The highest BCUT2D eigenvalue weighted by Gasteiger charge is 2.37. The minimum atomic E-state index is -0.0920. The Morgan fingerprint density at radius 1 is 0.434 bits per heavy atom. The highest BCUT2D eigenvalue weighted by atomic mass is 15.1. The predicted molar refractivity (Wildman–Crippen MR) is 225 cm³/mol. The van der Waals surface area contributed by atoms with Crippen LogP contribution in [0.5, 0.6) is 0 Å². The Hall–Kier alpha value is -5.40. The molecule has 1 saturated carbocycles. The van der Waals surface area contributed by atoms with Gasteiger partial charge >= 0.3 is 0 Å². The molecule has 0 bridgehead atoms. The fourth-order valence-electron chi connectivity index (χ4n) is 10.1. The van der Waals surface area contributed by atoms with Gasteiger partial charge in [-0.1, -0.05) is 150 Å². The van der Waals surface area contributed by atoms with Gasteiger partial charge in [0.1, 0.15) is 0 Å². The SMILES string of the molecule is CC1(C)c2ccccc2-c2ccc(-c3cc4ccccc4cc3N(c3ccc(C4CCCCC4)cc3)c3ccc4c(c3)C(C)(C)c3ccccc3-4)cc21. The van der Waals surface area contributed by atoms with Crippen molar-refractivity contribution in [1.29, 1.82) is 0 Å². The van der Waals surface area contributed by atoms with Crippen LogP contribution in [0.15, 0.2) is 146 Å². The number of rotatable bonds is 5. The third-order valence-corrected chi connectivity index (χ3v) is 13.1. The summed E-state index contributed by atoms with van der Waals surface area (Å²) in [5.41, 5.74) is 18.4. The van der Waals surface area contributed by atoms with E-state index in [1.165, 1.54) is 121 Å². The van der Waals surface area contributed by atoms with Gasteiger partial charge in [0.2, 0.25) is 0 Å². The lowest BCUT2D eigenvalue weighted by atomic mass is 9.81. The summed E-state index contributed by atoms with van der Waals surface area (Å²) in [5, 5.41) is 2.50. The minimum Gasteiger partial charge on any atom is -0.310 e. The lowest BCUT2D eigenvalue weighted by Crippen LogP contribution is -2.17. The molecule has 0 amide bonds.